The molecule has 0 aromatic heterocycles. The number of nitrogens with one attached hydrogen (secondary N) is 1. The molecule has 0 spiro atoms. The predicted molar refractivity (Wildman–Crippen MR) is 72.6 cm³/mol. The van der Waals surface area contributed by atoms with Gasteiger partial charge in [-0.2, -0.15) is 0 Å². The molecule has 1 atom stereocenters. The Hall–Kier alpha value is -2.03. The zero-order valence-corrected chi connectivity index (χ0v) is 10.6. The van der Waals surface area contributed by atoms with E-state index in [0.29, 0.717) is 6.54 Å². The summed E-state index contributed by atoms with van der Waals surface area (Å²) >= 11 is 0. The van der Waals surface area contributed by atoms with Crippen molar-refractivity contribution in [3.05, 3.63) is 47.5 Å². The fourth-order valence-corrected chi connectivity index (χ4v) is 2.52. The molecule has 18 heavy (non-hydrogen) atoms. The Morgan fingerprint density at radius 3 is 2.61 bits per heavy atom. The van der Waals surface area contributed by atoms with Gasteiger partial charge in [-0.25, -0.2) is 4.79 Å². The summed E-state index contributed by atoms with van der Waals surface area (Å²) in [7, 11) is 1.84. The summed E-state index contributed by atoms with van der Waals surface area (Å²) in [5.74, 6) is 0. The number of carbonyl (C=O) groups is 1. The van der Waals surface area contributed by atoms with Crippen LogP contribution in [0.1, 0.15) is 17.2 Å². The Labute approximate surface area is 106 Å². The fraction of sp³-hybridized carbons (Fsp3) is 0.267. The van der Waals surface area contributed by atoms with Gasteiger partial charge in [0.1, 0.15) is 0 Å². The number of carbonyl (C=O) groups excluding carboxylic acids is 1. The number of aryl methyl sites for hydroxylation is 1. The van der Waals surface area contributed by atoms with Gasteiger partial charge in [0.25, 0.3) is 0 Å². The highest BCUT2D eigenvalue weighted by Crippen LogP contribution is 2.26. The number of likely N-dealkylation sites (N-methyl/N-ethyl adjacent to an activating group) is 1. The number of hydrogen-bond donors (Lipinski definition) is 1. The van der Waals surface area contributed by atoms with Crippen LogP contribution in [0.15, 0.2) is 36.4 Å². The number of benzene rings is 2. The number of nitrogens with zero attached hydrogens (tertiary/aromatic N) is 1. The summed E-state index contributed by atoms with van der Waals surface area (Å²) in [4.78, 5) is 13.2. The van der Waals surface area contributed by atoms with E-state index in [2.05, 4.69) is 48.6 Å². The molecule has 1 aliphatic rings. The van der Waals surface area contributed by atoms with Crippen LogP contribution < -0.4 is 5.32 Å². The maximum Gasteiger partial charge on any atom is 0.317 e. The maximum atomic E-state index is 11.5. The largest absolute Gasteiger partial charge is 0.336 e. The molecule has 0 bridgehead atoms. The molecule has 2 aromatic carbocycles. The van der Waals surface area contributed by atoms with Gasteiger partial charge in [-0.05, 0) is 29.3 Å². The minimum absolute atomic E-state index is 0.00371. The van der Waals surface area contributed by atoms with Crippen LogP contribution in [0.5, 0.6) is 0 Å². The molecule has 0 aliphatic carbocycles. The molecule has 3 heteroatoms. The second-order valence-electron chi connectivity index (χ2n) is 4.92. The number of urea groups is 1. The Balaban J connectivity index is 2.03. The van der Waals surface area contributed by atoms with Crippen LogP contribution in [0, 0.1) is 6.92 Å². The third-order valence-corrected chi connectivity index (χ3v) is 3.64. The van der Waals surface area contributed by atoms with Gasteiger partial charge in [0.2, 0.25) is 0 Å². The lowest BCUT2D eigenvalue weighted by Crippen LogP contribution is -2.25. The van der Waals surface area contributed by atoms with E-state index < -0.39 is 0 Å². The second-order valence-corrected chi connectivity index (χ2v) is 4.92. The van der Waals surface area contributed by atoms with Crippen molar-refractivity contribution >= 4 is 16.8 Å². The first-order chi connectivity index (χ1) is 8.65. The predicted octanol–water partition coefficient (Wildman–Crippen LogP) is 2.84. The van der Waals surface area contributed by atoms with Gasteiger partial charge in [0, 0.05) is 13.6 Å². The van der Waals surface area contributed by atoms with Crippen LogP contribution in [0.4, 0.5) is 4.79 Å². The van der Waals surface area contributed by atoms with Crippen molar-refractivity contribution in [2.24, 2.45) is 0 Å². The summed E-state index contributed by atoms with van der Waals surface area (Å²) in [5.41, 5.74) is 2.46. The Kier molecular flexibility index (Phi) is 2.47. The molecule has 1 N–H and O–H groups in total. The highest BCUT2D eigenvalue weighted by molar-refractivity contribution is 5.84. The van der Waals surface area contributed by atoms with Gasteiger partial charge in [0.05, 0.1) is 6.04 Å². The van der Waals surface area contributed by atoms with Crippen molar-refractivity contribution in [2.75, 3.05) is 13.6 Å². The molecule has 92 valence electrons. The molecular formula is C15H16N2O. The minimum Gasteiger partial charge on any atom is -0.336 e. The number of hydrogen-bond acceptors (Lipinski definition) is 1. The normalized spacial score (nSPS) is 19.3. The summed E-state index contributed by atoms with van der Waals surface area (Å²) < 4.78 is 0. The van der Waals surface area contributed by atoms with Crippen LogP contribution in [0.25, 0.3) is 10.8 Å². The fourth-order valence-electron chi connectivity index (χ4n) is 2.52. The van der Waals surface area contributed by atoms with E-state index in [1.807, 2.05) is 7.05 Å². The van der Waals surface area contributed by atoms with Crippen molar-refractivity contribution < 1.29 is 4.79 Å². The van der Waals surface area contributed by atoms with Crippen LogP contribution in [-0.2, 0) is 0 Å². The lowest BCUT2D eigenvalue weighted by atomic mass is 10.0. The molecule has 3 rings (SSSR count). The second kappa shape index (κ2) is 4.02. The molecule has 1 heterocycles. The monoisotopic (exact) mass is 240 g/mol. The van der Waals surface area contributed by atoms with Crippen molar-refractivity contribution in [3.8, 4) is 0 Å². The summed E-state index contributed by atoms with van der Waals surface area (Å²) in [6.45, 7) is 2.79. The standard InChI is InChI=1S/C15H16N2O/c1-10-3-4-12-8-13(6-5-11(12)7-10)14-9-16-15(18)17(14)2/h3-8,14H,9H2,1-2H3,(H,16,18). The van der Waals surface area contributed by atoms with Crippen molar-refractivity contribution in [2.45, 2.75) is 13.0 Å². The molecule has 1 aliphatic heterocycles. The van der Waals surface area contributed by atoms with Crippen molar-refractivity contribution in [1.29, 1.82) is 0 Å². The van der Waals surface area contributed by atoms with Crippen LogP contribution in [0.3, 0.4) is 0 Å². The third kappa shape index (κ3) is 1.72. The molecule has 0 saturated carbocycles. The van der Waals surface area contributed by atoms with E-state index >= 15 is 0 Å². The summed E-state index contributed by atoms with van der Waals surface area (Å²) in [6, 6.07) is 13.0. The molecular weight excluding hydrogens is 224 g/mol. The van der Waals surface area contributed by atoms with Gasteiger partial charge < -0.3 is 10.2 Å². The van der Waals surface area contributed by atoms with E-state index in [9.17, 15) is 4.79 Å². The molecule has 2 amide bonds. The van der Waals surface area contributed by atoms with Gasteiger partial charge >= 0.3 is 6.03 Å². The highest BCUT2D eigenvalue weighted by atomic mass is 16.2. The van der Waals surface area contributed by atoms with Crippen LogP contribution in [0.2, 0.25) is 0 Å². The molecule has 2 aromatic rings. The molecule has 3 nitrogen and oxygen atoms in total. The SMILES string of the molecule is Cc1ccc2cc(C3CNC(=O)N3C)ccc2c1. The van der Waals surface area contributed by atoms with Gasteiger partial charge in [-0.15, -0.1) is 0 Å². The molecule has 1 unspecified atom stereocenters. The average molecular weight is 240 g/mol. The molecule has 1 fully saturated rings. The zero-order chi connectivity index (χ0) is 12.7. The number of amides is 2. The Morgan fingerprint density at radius 2 is 1.89 bits per heavy atom. The topological polar surface area (TPSA) is 32.3 Å². The summed E-state index contributed by atoms with van der Waals surface area (Å²) in [5, 5.41) is 5.34. The number of fused-ring (bicyclic) bond motifs is 1. The third-order valence-electron chi connectivity index (χ3n) is 3.64. The Morgan fingerprint density at radius 1 is 1.17 bits per heavy atom. The van der Waals surface area contributed by atoms with Gasteiger partial charge in [0.15, 0.2) is 0 Å². The van der Waals surface area contributed by atoms with E-state index in [1.165, 1.54) is 21.9 Å². The van der Waals surface area contributed by atoms with Crippen molar-refractivity contribution in [3.63, 3.8) is 0 Å². The van der Waals surface area contributed by atoms with E-state index in [0.717, 1.165) is 0 Å². The lowest BCUT2D eigenvalue weighted by molar-refractivity contribution is 0.217. The average Bonchev–Trinajstić information content (AvgIpc) is 2.69. The van der Waals surface area contributed by atoms with E-state index in [-0.39, 0.29) is 12.1 Å². The highest BCUT2D eigenvalue weighted by Gasteiger charge is 2.28. The first-order valence-electron chi connectivity index (χ1n) is 6.16. The maximum absolute atomic E-state index is 11.5. The zero-order valence-electron chi connectivity index (χ0n) is 10.6. The molecule has 0 radical (unpaired) electrons. The van der Waals surface area contributed by atoms with Gasteiger partial charge in [-0.3, -0.25) is 0 Å². The smallest absolute Gasteiger partial charge is 0.317 e. The van der Waals surface area contributed by atoms with Crippen molar-refractivity contribution in [1.82, 2.24) is 10.2 Å². The Bertz CT molecular complexity index is 621. The first kappa shape index (κ1) is 11.1. The van der Waals surface area contributed by atoms with E-state index in [4.69, 9.17) is 0 Å². The minimum atomic E-state index is 0.00371. The first-order valence-corrected chi connectivity index (χ1v) is 6.16. The van der Waals surface area contributed by atoms with Crippen LogP contribution in [-0.4, -0.2) is 24.5 Å². The number of rotatable bonds is 1. The van der Waals surface area contributed by atoms with Crippen LogP contribution >= 0.6 is 0 Å². The lowest BCUT2D eigenvalue weighted by Gasteiger charge is -2.18. The van der Waals surface area contributed by atoms with E-state index in [1.54, 1.807) is 4.90 Å². The quantitative estimate of drug-likeness (QED) is 0.816. The molecule has 1 saturated heterocycles. The summed E-state index contributed by atoms with van der Waals surface area (Å²) in [6.07, 6.45) is 0. The van der Waals surface area contributed by atoms with Gasteiger partial charge in [-0.1, -0.05) is 35.9 Å².